The zero-order chi connectivity index (χ0) is 11.8. The van der Waals surface area contributed by atoms with Crippen LogP contribution in [-0.4, -0.2) is 13.2 Å². The summed E-state index contributed by atoms with van der Waals surface area (Å²) >= 11 is 0. The molecule has 0 aliphatic rings. The molecule has 0 aromatic heterocycles. The van der Waals surface area contributed by atoms with E-state index in [1.54, 1.807) is 7.11 Å². The molecule has 16 heavy (non-hydrogen) atoms. The number of ether oxygens (including phenoxy) is 1. The van der Waals surface area contributed by atoms with Crippen LogP contribution in [0.25, 0.3) is 0 Å². The largest absolute Gasteiger partial charge is 0.497 e. The van der Waals surface area contributed by atoms with Crippen LogP contribution in [0.5, 0.6) is 5.75 Å². The van der Waals surface area contributed by atoms with E-state index in [0.717, 1.165) is 25.1 Å². The van der Waals surface area contributed by atoms with Gasteiger partial charge in [0.15, 0.2) is 0 Å². The molecule has 0 aliphatic carbocycles. The Kier molecular flexibility index (Phi) is 5.65. The second-order valence-corrected chi connectivity index (χ2v) is 4.00. The summed E-state index contributed by atoms with van der Waals surface area (Å²) < 4.78 is 5.12. The van der Waals surface area contributed by atoms with Crippen LogP contribution < -0.4 is 10.1 Å². The zero-order valence-electron chi connectivity index (χ0n) is 10.2. The van der Waals surface area contributed by atoms with Crippen LogP contribution in [0.2, 0.25) is 0 Å². The molecule has 1 unspecified atom stereocenters. The van der Waals surface area contributed by atoms with Crippen LogP contribution in [0.3, 0.4) is 0 Å². The maximum Gasteiger partial charge on any atom is 0.118 e. The van der Waals surface area contributed by atoms with Crippen molar-refractivity contribution in [2.75, 3.05) is 7.11 Å². The second kappa shape index (κ2) is 7.07. The van der Waals surface area contributed by atoms with Gasteiger partial charge in [0.1, 0.15) is 5.75 Å². The Bertz CT molecular complexity index is 305. The number of allylic oxidation sites excluding steroid dienone is 1. The first-order valence-corrected chi connectivity index (χ1v) is 5.73. The Morgan fingerprint density at radius 1 is 1.38 bits per heavy atom. The van der Waals surface area contributed by atoms with Crippen LogP contribution in [0.4, 0.5) is 0 Å². The molecule has 0 heterocycles. The Morgan fingerprint density at radius 3 is 2.62 bits per heavy atom. The molecular weight excluding hydrogens is 198 g/mol. The van der Waals surface area contributed by atoms with Gasteiger partial charge < -0.3 is 10.1 Å². The SMILES string of the molecule is C=CCCC(C)NCc1ccc(OC)cc1. The Hall–Kier alpha value is -1.28. The van der Waals surface area contributed by atoms with Gasteiger partial charge in [0, 0.05) is 12.6 Å². The summed E-state index contributed by atoms with van der Waals surface area (Å²) in [5.41, 5.74) is 1.28. The first-order valence-electron chi connectivity index (χ1n) is 5.73. The maximum atomic E-state index is 5.12. The fraction of sp³-hybridized carbons (Fsp3) is 0.429. The molecule has 1 N–H and O–H groups in total. The topological polar surface area (TPSA) is 21.3 Å². The van der Waals surface area contributed by atoms with Crippen molar-refractivity contribution in [3.05, 3.63) is 42.5 Å². The van der Waals surface area contributed by atoms with Crippen LogP contribution in [0.15, 0.2) is 36.9 Å². The van der Waals surface area contributed by atoms with Crippen LogP contribution in [-0.2, 0) is 6.54 Å². The fourth-order valence-electron chi connectivity index (χ4n) is 1.51. The highest BCUT2D eigenvalue weighted by molar-refractivity contribution is 5.27. The van der Waals surface area contributed by atoms with Crippen LogP contribution in [0.1, 0.15) is 25.3 Å². The summed E-state index contributed by atoms with van der Waals surface area (Å²) in [5, 5.41) is 3.48. The summed E-state index contributed by atoms with van der Waals surface area (Å²) in [6.45, 7) is 6.83. The molecular formula is C14H21NO. The lowest BCUT2D eigenvalue weighted by Crippen LogP contribution is -2.25. The zero-order valence-corrected chi connectivity index (χ0v) is 10.2. The molecule has 0 saturated carbocycles. The standard InChI is InChI=1S/C14H21NO/c1-4-5-6-12(2)15-11-13-7-9-14(16-3)10-8-13/h4,7-10,12,15H,1,5-6,11H2,2-3H3. The van der Waals surface area contributed by atoms with E-state index in [2.05, 4.69) is 31.0 Å². The van der Waals surface area contributed by atoms with Crippen molar-refractivity contribution in [2.24, 2.45) is 0 Å². The van der Waals surface area contributed by atoms with Crippen molar-refractivity contribution in [1.29, 1.82) is 0 Å². The number of hydrogen-bond acceptors (Lipinski definition) is 2. The van der Waals surface area contributed by atoms with Crippen LogP contribution in [0, 0.1) is 0 Å². The van der Waals surface area contributed by atoms with Gasteiger partial charge in [0.25, 0.3) is 0 Å². The number of nitrogens with one attached hydrogen (secondary N) is 1. The maximum absolute atomic E-state index is 5.12. The van der Waals surface area contributed by atoms with E-state index < -0.39 is 0 Å². The molecule has 88 valence electrons. The number of hydrogen-bond donors (Lipinski definition) is 1. The predicted molar refractivity (Wildman–Crippen MR) is 68.7 cm³/mol. The lowest BCUT2D eigenvalue weighted by molar-refractivity contribution is 0.414. The Morgan fingerprint density at radius 2 is 2.06 bits per heavy atom. The van der Waals surface area contributed by atoms with E-state index in [1.807, 2.05) is 18.2 Å². The van der Waals surface area contributed by atoms with Crippen molar-refractivity contribution in [3.63, 3.8) is 0 Å². The molecule has 1 aromatic carbocycles. The molecule has 0 amide bonds. The first-order chi connectivity index (χ1) is 7.76. The number of methoxy groups -OCH3 is 1. The molecule has 0 radical (unpaired) electrons. The highest BCUT2D eigenvalue weighted by Gasteiger charge is 2.00. The summed E-state index contributed by atoms with van der Waals surface area (Å²) in [7, 11) is 1.69. The molecule has 0 aliphatic heterocycles. The molecule has 1 rings (SSSR count). The van der Waals surface area contributed by atoms with Gasteiger partial charge in [0.05, 0.1) is 7.11 Å². The summed E-state index contributed by atoms with van der Waals surface area (Å²) in [4.78, 5) is 0. The number of rotatable bonds is 7. The smallest absolute Gasteiger partial charge is 0.118 e. The van der Waals surface area contributed by atoms with Gasteiger partial charge in [-0.1, -0.05) is 18.2 Å². The van der Waals surface area contributed by atoms with Gasteiger partial charge in [-0.25, -0.2) is 0 Å². The fourth-order valence-corrected chi connectivity index (χ4v) is 1.51. The third-order valence-electron chi connectivity index (χ3n) is 2.62. The quantitative estimate of drug-likeness (QED) is 0.711. The van der Waals surface area contributed by atoms with Crippen molar-refractivity contribution >= 4 is 0 Å². The summed E-state index contributed by atoms with van der Waals surface area (Å²) in [5.74, 6) is 0.906. The van der Waals surface area contributed by atoms with Gasteiger partial charge in [-0.3, -0.25) is 0 Å². The van der Waals surface area contributed by atoms with Crippen molar-refractivity contribution in [3.8, 4) is 5.75 Å². The lowest BCUT2D eigenvalue weighted by atomic mass is 10.1. The molecule has 2 heteroatoms. The molecule has 1 aromatic rings. The Labute approximate surface area is 98.3 Å². The monoisotopic (exact) mass is 219 g/mol. The van der Waals surface area contributed by atoms with Crippen molar-refractivity contribution in [1.82, 2.24) is 5.32 Å². The van der Waals surface area contributed by atoms with Crippen LogP contribution >= 0.6 is 0 Å². The number of benzene rings is 1. The van der Waals surface area contributed by atoms with E-state index in [4.69, 9.17) is 4.74 Å². The van der Waals surface area contributed by atoms with Gasteiger partial charge in [-0.05, 0) is 37.5 Å². The summed E-state index contributed by atoms with van der Waals surface area (Å²) in [6, 6.07) is 8.69. The summed E-state index contributed by atoms with van der Waals surface area (Å²) in [6.07, 6.45) is 4.17. The second-order valence-electron chi connectivity index (χ2n) is 4.00. The lowest BCUT2D eigenvalue weighted by Gasteiger charge is -2.12. The van der Waals surface area contributed by atoms with E-state index in [1.165, 1.54) is 5.56 Å². The third-order valence-corrected chi connectivity index (χ3v) is 2.62. The van der Waals surface area contributed by atoms with Gasteiger partial charge in [-0.2, -0.15) is 0 Å². The Balaban J connectivity index is 2.33. The highest BCUT2D eigenvalue weighted by atomic mass is 16.5. The van der Waals surface area contributed by atoms with Gasteiger partial charge in [-0.15, -0.1) is 6.58 Å². The average molecular weight is 219 g/mol. The van der Waals surface area contributed by atoms with Gasteiger partial charge >= 0.3 is 0 Å². The van der Waals surface area contributed by atoms with E-state index in [0.29, 0.717) is 6.04 Å². The van der Waals surface area contributed by atoms with E-state index in [9.17, 15) is 0 Å². The van der Waals surface area contributed by atoms with Crippen molar-refractivity contribution < 1.29 is 4.74 Å². The minimum absolute atomic E-state index is 0.528. The molecule has 1 atom stereocenters. The van der Waals surface area contributed by atoms with E-state index >= 15 is 0 Å². The normalized spacial score (nSPS) is 12.1. The third kappa shape index (κ3) is 4.49. The molecule has 0 spiro atoms. The predicted octanol–water partition coefficient (Wildman–Crippen LogP) is 3.14. The minimum Gasteiger partial charge on any atom is -0.497 e. The van der Waals surface area contributed by atoms with Gasteiger partial charge in [0.2, 0.25) is 0 Å². The first kappa shape index (κ1) is 12.8. The molecule has 0 saturated heterocycles. The molecule has 0 bridgehead atoms. The van der Waals surface area contributed by atoms with Crippen molar-refractivity contribution in [2.45, 2.75) is 32.4 Å². The average Bonchev–Trinajstić information content (AvgIpc) is 2.34. The van der Waals surface area contributed by atoms with E-state index in [-0.39, 0.29) is 0 Å². The minimum atomic E-state index is 0.528. The molecule has 2 nitrogen and oxygen atoms in total. The molecule has 0 fully saturated rings. The highest BCUT2D eigenvalue weighted by Crippen LogP contribution is 2.11.